The normalized spacial score (nSPS) is 20.1. The minimum absolute atomic E-state index is 0. The Bertz CT molecular complexity index is 574. The summed E-state index contributed by atoms with van der Waals surface area (Å²) in [6.07, 6.45) is 1.60. The zero-order valence-electron chi connectivity index (χ0n) is 10.9. The van der Waals surface area contributed by atoms with Crippen molar-refractivity contribution >= 4 is 28.3 Å². The first-order valence-corrected chi connectivity index (χ1v) is 7.51. The minimum Gasteiger partial charge on any atom is -0.366 e. The van der Waals surface area contributed by atoms with E-state index in [1.165, 1.54) is 28.6 Å². The van der Waals surface area contributed by atoms with Gasteiger partial charge in [0.05, 0.1) is 4.90 Å². The Morgan fingerprint density at radius 1 is 1.25 bits per heavy atom. The standard InChI is InChI=1S/C12H17N3O3S.ClH/c13-10-2-1-7-15(8-10)19(17,18)11-5-3-9(4-6-11)12(14)16;/h3-6,10H,1-2,7-8,13H2,(H2,14,16);1H/t10-;/m1./s1. The van der Waals surface area contributed by atoms with Crippen LogP contribution in [0.25, 0.3) is 0 Å². The number of carbonyl (C=O) groups excluding carboxylic acids is 1. The lowest BCUT2D eigenvalue weighted by molar-refractivity contribution is 0.1000. The molecule has 4 N–H and O–H groups in total. The number of primary amides is 1. The Hall–Kier alpha value is -1.15. The van der Waals surface area contributed by atoms with E-state index in [1.807, 2.05) is 0 Å². The van der Waals surface area contributed by atoms with Crippen molar-refractivity contribution in [3.05, 3.63) is 29.8 Å². The molecule has 1 saturated heterocycles. The van der Waals surface area contributed by atoms with Crippen LogP contribution in [0.3, 0.4) is 0 Å². The highest BCUT2D eigenvalue weighted by atomic mass is 35.5. The molecular formula is C12H18ClN3O3S. The molecule has 1 aromatic rings. The van der Waals surface area contributed by atoms with Gasteiger partial charge in [-0.2, -0.15) is 4.31 Å². The maximum absolute atomic E-state index is 12.4. The number of benzene rings is 1. The van der Waals surface area contributed by atoms with Crippen LogP contribution in [0.1, 0.15) is 23.2 Å². The SMILES string of the molecule is Cl.NC(=O)c1ccc(S(=O)(=O)N2CCC[C@@H](N)C2)cc1. The third-order valence-corrected chi connectivity index (χ3v) is 5.08. The summed E-state index contributed by atoms with van der Waals surface area (Å²) in [6.45, 7) is 0.813. The van der Waals surface area contributed by atoms with Crippen molar-refractivity contribution in [2.75, 3.05) is 13.1 Å². The molecule has 1 aliphatic rings. The van der Waals surface area contributed by atoms with E-state index >= 15 is 0 Å². The van der Waals surface area contributed by atoms with Crippen LogP contribution in [-0.2, 0) is 10.0 Å². The fourth-order valence-corrected chi connectivity index (χ4v) is 3.67. The Morgan fingerprint density at radius 3 is 2.35 bits per heavy atom. The number of hydrogen-bond donors (Lipinski definition) is 2. The summed E-state index contributed by atoms with van der Waals surface area (Å²) in [7, 11) is -3.54. The number of hydrogen-bond acceptors (Lipinski definition) is 4. The van der Waals surface area contributed by atoms with Crippen molar-refractivity contribution in [2.24, 2.45) is 11.5 Å². The Morgan fingerprint density at radius 2 is 1.85 bits per heavy atom. The molecule has 1 aromatic carbocycles. The first-order valence-electron chi connectivity index (χ1n) is 6.07. The summed E-state index contributed by atoms with van der Waals surface area (Å²) in [5.41, 5.74) is 11.2. The smallest absolute Gasteiger partial charge is 0.248 e. The summed E-state index contributed by atoms with van der Waals surface area (Å²) in [4.78, 5) is 11.1. The third kappa shape index (κ3) is 3.49. The molecule has 0 unspecified atom stereocenters. The van der Waals surface area contributed by atoms with E-state index in [0.717, 1.165) is 12.8 Å². The average Bonchev–Trinajstić information content (AvgIpc) is 2.39. The largest absolute Gasteiger partial charge is 0.366 e. The molecule has 20 heavy (non-hydrogen) atoms. The highest BCUT2D eigenvalue weighted by Gasteiger charge is 2.28. The van der Waals surface area contributed by atoms with E-state index in [9.17, 15) is 13.2 Å². The molecule has 0 radical (unpaired) electrons. The number of nitrogens with zero attached hydrogens (tertiary/aromatic N) is 1. The molecule has 0 spiro atoms. The minimum atomic E-state index is -3.54. The number of halogens is 1. The van der Waals surface area contributed by atoms with Crippen LogP contribution >= 0.6 is 12.4 Å². The monoisotopic (exact) mass is 319 g/mol. The Balaban J connectivity index is 0.00000200. The molecule has 1 amide bonds. The maximum atomic E-state index is 12.4. The van der Waals surface area contributed by atoms with Crippen LogP contribution in [-0.4, -0.2) is 37.8 Å². The highest BCUT2D eigenvalue weighted by molar-refractivity contribution is 7.89. The van der Waals surface area contributed by atoms with Gasteiger partial charge in [-0.25, -0.2) is 8.42 Å². The number of carbonyl (C=O) groups is 1. The van der Waals surface area contributed by atoms with E-state index in [-0.39, 0.29) is 28.9 Å². The van der Waals surface area contributed by atoms with Gasteiger partial charge in [0.15, 0.2) is 0 Å². The van der Waals surface area contributed by atoms with Gasteiger partial charge < -0.3 is 11.5 Å². The molecule has 112 valence electrons. The van der Waals surface area contributed by atoms with Gasteiger partial charge in [-0.3, -0.25) is 4.79 Å². The van der Waals surface area contributed by atoms with E-state index < -0.39 is 15.9 Å². The van der Waals surface area contributed by atoms with Crippen LogP contribution in [0.2, 0.25) is 0 Å². The van der Waals surface area contributed by atoms with Gasteiger partial charge in [0.25, 0.3) is 0 Å². The molecule has 0 saturated carbocycles. The summed E-state index contributed by atoms with van der Waals surface area (Å²) in [6, 6.07) is 5.51. The molecule has 1 fully saturated rings. The van der Waals surface area contributed by atoms with Gasteiger partial charge in [0, 0.05) is 24.7 Å². The molecule has 0 aliphatic carbocycles. The first kappa shape index (κ1) is 16.9. The number of amides is 1. The third-order valence-electron chi connectivity index (χ3n) is 3.20. The Labute approximate surface area is 124 Å². The van der Waals surface area contributed by atoms with E-state index in [0.29, 0.717) is 13.1 Å². The first-order chi connectivity index (χ1) is 8.91. The van der Waals surface area contributed by atoms with Crippen molar-refractivity contribution < 1.29 is 13.2 Å². The van der Waals surface area contributed by atoms with Crippen LogP contribution in [0, 0.1) is 0 Å². The fourth-order valence-electron chi connectivity index (χ4n) is 2.13. The summed E-state index contributed by atoms with van der Waals surface area (Å²) >= 11 is 0. The lowest BCUT2D eigenvalue weighted by Crippen LogP contribution is -2.45. The van der Waals surface area contributed by atoms with Crippen LogP contribution < -0.4 is 11.5 Å². The maximum Gasteiger partial charge on any atom is 0.248 e. The van der Waals surface area contributed by atoms with Crippen molar-refractivity contribution in [3.63, 3.8) is 0 Å². The molecular weight excluding hydrogens is 302 g/mol. The molecule has 6 nitrogen and oxygen atoms in total. The van der Waals surface area contributed by atoms with Crippen molar-refractivity contribution in [2.45, 2.75) is 23.8 Å². The molecule has 8 heteroatoms. The topological polar surface area (TPSA) is 106 Å². The van der Waals surface area contributed by atoms with Crippen LogP contribution in [0.5, 0.6) is 0 Å². The Kier molecular flexibility index (Phi) is 5.52. The van der Waals surface area contributed by atoms with E-state index in [2.05, 4.69) is 0 Å². The molecule has 0 bridgehead atoms. The molecule has 1 heterocycles. The van der Waals surface area contributed by atoms with Crippen LogP contribution in [0.4, 0.5) is 0 Å². The second-order valence-electron chi connectivity index (χ2n) is 4.65. The average molecular weight is 320 g/mol. The van der Waals surface area contributed by atoms with Crippen molar-refractivity contribution in [3.8, 4) is 0 Å². The predicted molar refractivity (Wildman–Crippen MR) is 78.2 cm³/mol. The summed E-state index contributed by atoms with van der Waals surface area (Å²) in [5.74, 6) is -0.580. The number of nitrogens with two attached hydrogens (primary N) is 2. The van der Waals surface area contributed by atoms with Crippen LogP contribution in [0.15, 0.2) is 29.2 Å². The van der Waals surface area contributed by atoms with Gasteiger partial charge in [0.1, 0.15) is 0 Å². The van der Waals surface area contributed by atoms with Gasteiger partial charge in [0.2, 0.25) is 15.9 Å². The molecule has 2 rings (SSSR count). The lowest BCUT2D eigenvalue weighted by Gasteiger charge is -2.29. The van der Waals surface area contributed by atoms with Gasteiger partial charge in [-0.05, 0) is 37.1 Å². The van der Waals surface area contributed by atoms with Gasteiger partial charge >= 0.3 is 0 Å². The second kappa shape index (κ2) is 6.53. The zero-order chi connectivity index (χ0) is 14.0. The van der Waals surface area contributed by atoms with Gasteiger partial charge in [-0.15, -0.1) is 12.4 Å². The molecule has 1 aliphatic heterocycles. The summed E-state index contributed by atoms with van der Waals surface area (Å²) in [5, 5.41) is 0. The van der Waals surface area contributed by atoms with E-state index in [1.54, 1.807) is 0 Å². The molecule has 1 atom stereocenters. The van der Waals surface area contributed by atoms with Gasteiger partial charge in [-0.1, -0.05) is 0 Å². The lowest BCUT2D eigenvalue weighted by atomic mass is 10.1. The quantitative estimate of drug-likeness (QED) is 0.836. The number of sulfonamides is 1. The molecule has 0 aromatic heterocycles. The number of rotatable bonds is 3. The van der Waals surface area contributed by atoms with E-state index in [4.69, 9.17) is 11.5 Å². The predicted octanol–water partition coefficient (Wildman–Crippen LogP) is 0.319. The zero-order valence-corrected chi connectivity index (χ0v) is 12.5. The summed E-state index contributed by atoms with van der Waals surface area (Å²) < 4.78 is 26.1. The fraction of sp³-hybridized carbons (Fsp3) is 0.417. The van der Waals surface area contributed by atoms with Crippen molar-refractivity contribution in [1.82, 2.24) is 4.31 Å². The highest BCUT2D eigenvalue weighted by Crippen LogP contribution is 2.20. The van der Waals surface area contributed by atoms with Crippen molar-refractivity contribution in [1.29, 1.82) is 0 Å². The number of piperidine rings is 1. The second-order valence-corrected chi connectivity index (χ2v) is 6.59.